The quantitative estimate of drug-likeness (QED) is 0.879. The summed E-state index contributed by atoms with van der Waals surface area (Å²) in [4.78, 5) is 4.47. The third-order valence-corrected chi connectivity index (χ3v) is 4.87. The van der Waals surface area contributed by atoms with Gasteiger partial charge in [-0.15, -0.1) is 11.6 Å². The largest absolute Gasteiger partial charge is 0.486 e. The van der Waals surface area contributed by atoms with Crippen molar-refractivity contribution in [3.05, 3.63) is 24.4 Å². The second kappa shape index (κ2) is 4.95. The van der Waals surface area contributed by atoms with E-state index in [0.29, 0.717) is 19.1 Å². The second-order valence-electron chi connectivity index (χ2n) is 5.86. The van der Waals surface area contributed by atoms with Crippen molar-refractivity contribution >= 4 is 28.2 Å². The fraction of sp³-hybridized carbons (Fsp3) is 0.438. The smallest absolute Gasteiger partial charge is 0.162 e. The molecule has 1 fully saturated rings. The SMILES string of the molecule is ClCC1(CNc2nccc3cc4c(cc23)OCCO4)CC1. The number of aromatic nitrogens is 1. The van der Waals surface area contributed by atoms with Crippen molar-refractivity contribution in [2.75, 3.05) is 31.0 Å². The lowest BCUT2D eigenvalue weighted by Gasteiger charge is -2.20. The van der Waals surface area contributed by atoms with E-state index in [-0.39, 0.29) is 5.41 Å². The van der Waals surface area contributed by atoms with Crippen LogP contribution in [0, 0.1) is 5.41 Å². The Morgan fingerprint density at radius 1 is 1.19 bits per heavy atom. The van der Waals surface area contributed by atoms with E-state index in [2.05, 4.69) is 10.3 Å². The number of anilines is 1. The van der Waals surface area contributed by atoms with Crippen LogP contribution in [0.4, 0.5) is 5.82 Å². The number of pyridine rings is 1. The Labute approximate surface area is 128 Å². The zero-order valence-corrected chi connectivity index (χ0v) is 12.4. The van der Waals surface area contributed by atoms with Gasteiger partial charge in [-0.25, -0.2) is 4.98 Å². The molecule has 21 heavy (non-hydrogen) atoms. The van der Waals surface area contributed by atoms with Crippen molar-refractivity contribution in [1.82, 2.24) is 4.98 Å². The Morgan fingerprint density at radius 2 is 1.95 bits per heavy atom. The molecule has 2 aliphatic rings. The van der Waals surface area contributed by atoms with Gasteiger partial charge in [0.25, 0.3) is 0 Å². The zero-order valence-electron chi connectivity index (χ0n) is 11.7. The maximum absolute atomic E-state index is 6.04. The van der Waals surface area contributed by atoms with Gasteiger partial charge in [0.05, 0.1) is 0 Å². The minimum absolute atomic E-state index is 0.263. The number of fused-ring (bicyclic) bond motifs is 2. The summed E-state index contributed by atoms with van der Waals surface area (Å²) in [5.74, 6) is 3.20. The first-order chi connectivity index (χ1) is 10.3. The number of ether oxygens (including phenoxy) is 2. The van der Waals surface area contributed by atoms with E-state index in [0.717, 1.165) is 34.6 Å². The summed E-state index contributed by atoms with van der Waals surface area (Å²) >= 11 is 6.04. The molecular weight excluding hydrogens is 288 g/mol. The number of halogens is 1. The lowest BCUT2D eigenvalue weighted by Crippen LogP contribution is -2.18. The summed E-state index contributed by atoms with van der Waals surface area (Å²) < 4.78 is 11.3. The maximum atomic E-state index is 6.04. The molecule has 1 aromatic heterocycles. The van der Waals surface area contributed by atoms with Crippen LogP contribution in [0.1, 0.15) is 12.8 Å². The molecule has 5 heteroatoms. The molecule has 0 bridgehead atoms. The van der Waals surface area contributed by atoms with Crippen molar-refractivity contribution in [1.29, 1.82) is 0 Å². The van der Waals surface area contributed by atoms with Crippen molar-refractivity contribution in [2.24, 2.45) is 5.41 Å². The first-order valence-electron chi connectivity index (χ1n) is 7.28. The fourth-order valence-electron chi connectivity index (χ4n) is 2.66. The van der Waals surface area contributed by atoms with E-state index in [1.54, 1.807) is 0 Å². The molecule has 0 unspecified atom stereocenters. The van der Waals surface area contributed by atoms with Crippen molar-refractivity contribution in [3.8, 4) is 11.5 Å². The highest BCUT2D eigenvalue weighted by atomic mass is 35.5. The Morgan fingerprint density at radius 3 is 2.67 bits per heavy atom. The first-order valence-corrected chi connectivity index (χ1v) is 7.81. The molecule has 0 radical (unpaired) electrons. The molecule has 2 aromatic rings. The second-order valence-corrected chi connectivity index (χ2v) is 6.13. The standard InChI is InChI=1S/C16H17ClN2O2/c17-9-16(2-3-16)10-19-15-12-8-14-13(20-5-6-21-14)7-11(12)1-4-18-15/h1,4,7-8H,2-3,5-6,9-10H2,(H,18,19). The molecular formula is C16H17ClN2O2. The van der Waals surface area contributed by atoms with Crippen LogP contribution >= 0.6 is 11.6 Å². The molecule has 1 aliphatic heterocycles. The summed E-state index contributed by atoms with van der Waals surface area (Å²) in [5, 5.41) is 5.62. The van der Waals surface area contributed by atoms with Gasteiger partial charge >= 0.3 is 0 Å². The Bertz CT molecular complexity index is 685. The van der Waals surface area contributed by atoms with Crippen molar-refractivity contribution in [2.45, 2.75) is 12.8 Å². The Balaban J connectivity index is 1.68. The average molecular weight is 305 g/mol. The number of hydrogen-bond acceptors (Lipinski definition) is 4. The van der Waals surface area contributed by atoms with E-state index < -0.39 is 0 Å². The van der Waals surface area contributed by atoms with E-state index >= 15 is 0 Å². The highest BCUT2D eigenvalue weighted by Crippen LogP contribution is 2.46. The fourth-order valence-corrected chi connectivity index (χ4v) is 3.02. The van der Waals surface area contributed by atoms with Gasteiger partial charge in [-0.2, -0.15) is 0 Å². The van der Waals surface area contributed by atoms with Crippen LogP contribution in [0.5, 0.6) is 11.5 Å². The molecule has 0 spiro atoms. The van der Waals surface area contributed by atoms with Crippen LogP contribution in [0.3, 0.4) is 0 Å². The highest BCUT2D eigenvalue weighted by molar-refractivity contribution is 6.18. The van der Waals surface area contributed by atoms with Gasteiger partial charge in [0, 0.05) is 29.4 Å². The molecule has 1 aliphatic carbocycles. The molecule has 1 saturated carbocycles. The molecule has 0 amide bonds. The van der Waals surface area contributed by atoms with Gasteiger partial charge < -0.3 is 14.8 Å². The number of hydrogen-bond donors (Lipinski definition) is 1. The van der Waals surface area contributed by atoms with Gasteiger partial charge in [0.15, 0.2) is 11.5 Å². The monoisotopic (exact) mass is 304 g/mol. The van der Waals surface area contributed by atoms with Gasteiger partial charge in [-0.05, 0) is 36.4 Å². The third-order valence-electron chi connectivity index (χ3n) is 4.30. The third kappa shape index (κ3) is 2.38. The van der Waals surface area contributed by atoms with E-state index in [1.807, 2.05) is 24.4 Å². The van der Waals surface area contributed by atoms with Crippen LogP contribution in [0.25, 0.3) is 10.8 Å². The summed E-state index contributed by atoms with van der Waals surface area (Å²) in [7, 11) is 0. The molecule has 110 valence electrons. The van der Waals surface area contributed by atoms with Crippen LogP contribution < -0.4 is 14.8 Å². The summed E-state index contributed by atoms with van der Waals surface area (Å²) in [5.41, 5.74) is 0.263. The predicted molar refractivity (Wildman–Crippen MR) is 83.6 cm³/mol. The summed E-state index contributed by atoms with van der Waals surface area (Å²) in [6.07, 6.45) is 4.21. The van der Waals surface area contributed by atoms with Crippen LogP contribution in [-0.4, -0.2) is 30.6 Å². The van der Waals surface area contributed by atoms with Crippen LogP contribution in [0.2, 0.25) is 0 Å². The van der Waals surface area contributed by atoms with Crippen LogP contribution in [0.15, 0.2) is 24.4 Å². The topological polar surface area (TPSA) is 43.4 Å². The molecule has 0 atom stereocenters. The number of rotatable bonds is 4. The summed E-state index contributed by atoms with van der Waals surface area (Å²) in [6.45, 7) is 2.07. The lowest BCUT2D eigenvalue weighted by molar-refractivity contribution is 0.172. The normalized spacial score (nSPS) is 18.5. The van der Waals surface area contributed by atoms with Crippen molar-refractivity contribution in [3.63, 3.8) is 0 Å². The Hall–Kier alpha value is -1.68. The average Bonchev–Trinajstić information content (AvgIpc) is 3.31. The zero-order chi connectivity index (χ0) is 14.3. The minimum Gasteiger partial charge on any atom is -0.486 e. The van der Waals surface area contributed by atoms with Gasteiger partial charge in [-0.1, -0.05) is 0 Å². The van der Waals surface area contributed by atoms with E-state index in [4.69, 9.17) is 21.1 Å². The number of alkyl halides is 1. The first kappa shape index (κ1) is 13.0. The number of benzene rings is 1. The van der Waals surface area contributed by atoms with Gasteiger partial charge in [0.2, 0.25) is 0 Å². The van der Waals surface area contributed by atoms with Gasteiger partial charge in [0.1, 0.15) is 19.0 Å². The number of nitrogens with zero attached hydrogens (tertiary/aromatic N) is 1. The molecule has 1 N–H and O–H groups in total. The van der Waals surface area contributed by atoms with Crippen molar-refractivity contribution < 1.29 is 9.47 Å². The van der Waals surface area contributed by atoms with E-state index in [9.17, 15) is 0 Å². The maximum Gasteiger partial charge on any atom is 0.162 e. The molecule has 4 rings (SSSR count). The highest BCUT2D eigenvalue weighted by Gasteiger charge is 2.41. The minimum atomic E-state index is 0.263. The van der Waals surface area contributed by atoms with Gasteiger partial charge in [-0.3, -0.25) is 0 Å². The molecule has 0 saturated heterocycles. The summed E-state index contributed by atoms with van der Waals surface area (Å²) in [6, 6.07) is 6.03. The lowest BCUT2D eigenvalue weighted by atomic mass is 10.1. The van der Waals surface area contributed by atoms with E-state index in [1.165, 1.54) is 12.8 Å². The predicted octanol–water partition coefficient (Wildman–Crippen LogP) is 3.44. The molecule has 2 heterocycles. The molecule has 4 nitrogen and oxygen atoms in total. The number of nitrogens with one attached hydrogen (secondary N) is 1. The molecule has 1 aromatic carbocycles. The Kier molecular flexibility index (Phi) is 3.07. The van der Waals surface area contributed by atoms with Crippen LogP contribution in [-0.2, 0) is 0 Å².